The summed E-state index contributed by atoms with van der Waals surface area (Å²) in [5, 5.41) is 3.03. The number of nitrogens with zero attached hydrogens (tertiary/aromatic N) is 5. The second kappa shape index (κ2) is 11.4. The molecule has 0 saturated carbocycles. The minimum Gasteiger partial charge on any atom is -0.307 e. The molecule has 3 aromatic heterocycles. The maximum atomic E-state index is 9.11. The van der Waals surface area contributed by atoms with E-state index in [9.17, 15) is 0 Å². The minimum absolute atomic E-state index is 0.0375. The lowest BCUT2D eigenvalue weighted by atomic mass is 9.99. The van der Waals surface area contributed by atoms with E-state index >= 15 is 0 Å². The summed E-state index contributed by atoms with van der Waals surface area (Å²) in [6.07, 6.45) is 0. The normalized spacial score (nSPS) is 14.4. The molecule has 0 fully saturated rings. The largest absolute Gasteiger partial charge is 0.307 e. The van der Waals surface area contributed by atoms with E-state index in [0.29, 0.717) is 27.6 Å². The molecule has 0 saturated heterocycles. The first kappa shape index (κ1) is 19.8. The van der Waals surface area contributed by atoms with Gasteiger partial charge in [0.1, 0.15) is 0 Å². The van der Waals surface area contributed by atoms with Gasteiger partial charge in [0, 0.05) is 38.4 Å². The van der Waals surface area contributed by atoms with Gasteiger partial charge in [0.25, 0.3) is 0 Å². The van der Waals surface area contributed by atoms with Crippen LogP contribution in [0.15, 0.2) is 176 Å². The number of benzene rings is 7. The third-order valence-electron chi connectivity index (χ3n) is 8.98. The Labute approximate surface area is 302 Å². The van der Waals surface area contributed by atoms with Gasteiger partial charge >= 0.3 is 0 Å². The summed E-state index contributed by atoms with van der Waals surface area (Å²) in [6, 6.07) is 31.3. The molecule has 0 bridgehead atoms. The summed E-state index contributed by atoms with van der Waals surface area (Å²) in [5.74, 6) is 0.0749. The molecule has 7 aromatic carbocycles. The maximum Gasteiger partial charge on any atom is 0.238 e. The smallest absolute Gasteiger partial charge is 0.238 e. The van der Waals surface area contributed by atoms with Crippen molar-refractivity contribution in [1.82, 2.24) is 24.1 Å². The predicted octanol–water partition coefficient (Wildman–Crippen LogP) is 11.1. The van der Waals surface area contributed by atoms with Crippen LogP contribution in [0.25, 0.3) is 89.2 Å². The van der Waals surface area contributed by atoms with Gasteiger partial charge in [0.15, 0.2) is 11.6 Å². The highest BCUT2D eigenvalue weighted by Gasteiger charge is 2.23. The lowest BCUT2D eigenvalue weighted by molar-refractivity contribution is 0.953. The van der Waals surface area contributed by atoms with Gasteiger partial charge in [0.2, 0.25) is 5.95 Å². The number of rotatable bonds is 5. The zero-order valence-corrected chi connectivity index (χ0v) is 26.2. The Bertz CT molecular complexity index is 3400. The van der Waals surface area contributed by atoms with E-state index in [0.717, 1.165) is 32.7 Å². The second-order valence-corrected chi connectivity index (χ2v) is 11.7. The van der Waals surface area contributed by atoms with Gasteiger partial charge in [0.05, 0.1) is 35.8 Å². The Morgan fingerprint density at radius 1 is 0.400 bits per heavy atom. The van der Waals surface area contributed by atoms with Crippen LogP contribution in [-0.4, -0.2) is 24.1 Å². The summed E-state index contributed by atoms with van der Waals surface area (Å²) >= 11 is 0. The number of hydrogen-bond acceptors (Lipinski definition) is 3. The fraction of sp³-hybridized carbons (Fsp3) is 0. The highest BCUT2D eigenvalue weighted by molar-refractivity contribution is 6.23. The van der Waals surface area contributed by atoms with Crippen LogP contribution in [-0.2, 0) is 0 Å². The van der Waals surface area contributed by atoms with Crippen molar-refractivity contribution in [2.75, 3.05) is 0 Å². The Morgan fingerprint density at radius 3 is 1.64 bits per heavy atom. The fourth-order valence-electron chi connectivity index (χ4n) is 6.90. The van der Waals surface area contributed by atoms with Crippen molar-refractivity contribution in [1.29, 1.82) is 0 Å². The van der Waals surface area contributed by atoms with Crippen molar-refractivity contribution in [2.24, 2.45) is 0 Å². The number of para-hydroxylation sites is 3. The zero-order chi connectivity index (χ0) is 41.7. The van der Waals surface area contributed by atoms with Gasteiger partial charge in [-0.05, 0) is 35.3 Å². The van der Waals surface area contributed by atoms with E-state index < -0.39 is 48.3 Å². The monoisotopic (exact) mass is 649 g/mol. The summed E-state index contributed by atoms with van der Waals surface area (Å²) < 4.78 is 90.6. The Balaban J connectivity index is 1.41. The van der Waals surface area contributed by atoms with Crippen LogP contribution >= 0.6 is 0 Å². The van der Waals surface area contributed by atoms with Gasteiger partial charge in [-0.25, -0.2) is 4.98 Å². The van der Waals surface area contributed by atoms with Crippen LogP contribution in [0.1, 0.15) is 13.7 Å². The molecule has 0 unspecified atom stereocenters. The third-order valence-corrected chi connectivity index (χ3v) is 8.98. The summed E-state index contributed by atoms with van der Waals surface area (Å²) in [4.78, 5) is 14.9. The minimum atomic E-state index is -0.553. The second-order valence-electron chi connectivity index (χ2n) is 11.7. The Morgan fingerprint density at radius 2 is 0.940 bits per heavy atom. The first-order valence-corrected chi connectivity index (χ1v) is 16.0. The van der Waals surface area contributed by atoms with Crippen LogP contribution < -0.4 is 0 Å². The topological polar surface area (TPSA) is 48.5 Å². The molecule has 0 amide bonds. The zero-order valence-electron chi connectivity index (χ0n) is 36.2. The van der Waals surface area contributed by atoms with E-state index in [4.69, 9.17) is 28.7 Å². The van der Waals surface area contributed by atoms with Gasteiger partial charge < -0.3 is 4.57 Å². The number of hydrogen-bond donors (Lipinski definition) is 0. The molecular formula is C45H29N5. The van der Waals surface area contributed by atoms with Crippen LogP contribution in [0.3, 0.4) is 0 Å². The summed E-state index contributed by atoms with van der Waals surface area (Å²) in [5.41, 5.74) is 4.32. The number of aromatic nitrogens is 5. The van der Waals surface area contributed by atoms with Crippen molar-refractivity contribution >= 4 is 43.6 Å². The molecule has 5 heteroatoms. The molecule has 234 valence electrons. The highest BCUT2D eigenvalue weighted by atomic mass is 15.2. The average Bonchev–Trinajstić information content (AvgIpc) is 3.80. The molecule has 0 N–H and O–H groups in total. The van der Waals surface area contributed by atoms with E-state index in [2.05, 4.69) is 0 Å². The molecule has 0 aliphatic heterocycles. The van der Waals surface area contributed by atoms with Gasteiger partial charge in [-0.2, -0.15) is 9.97 Å². The molecule has 0 atom stereocenters. The van der Waals surface area contributed by atoms with Crippen molar-refractivity contribution in [2.45, 2.75) is 0 Å². The van der Waals surface area contributed by atoms with Gasteiger partial charge in [-0.3, -0.25) is 4.57 Å². The first-order chi connectivity index (χ1) is 29.0. The molecule has 10 rings (SSSR count). The summed E-state index contributed by atoms with van der Waals surface area (Å²) in [7, 11) is 0. The van der Waals surface area contributed by atoms with Crippen molar-refractivity contribution < 1.29 is 13.7 Å². The van der Waals surface area contributed by atoms with Crippen LogP contribution in [0.5, 0.6) is 0 Å². The third kappa shape index (κ3) is 4.37. The van der Waals surface area contributed by atoms with Crippen molar-refractivity contribution in [3.8, 4) is 45.5 Å². The molecule has 3 heterocycles. The van der Waals surface area contributed by atoms with Crippen molar-refractivity contribution in [3.63, 3.8) is 0 Å². The van der Waals surface area contributed by atoms with E-state index in [1.807, 2.05) is 120 Å². The van der Waals surface area contributed by atoms with Crippen LogP contribution in [0.2, 0.25) is 0 Å². The molecule has 5 nitrogen and oxygen atoms in total. The molecular weight excluding hydrogens is 611 g/mol. The molecule has 10 aromatic rings. The lowest BCUT2D eigenvalue weighted by Gasteiger charge is -2.14. The van der Waals surface area contributed by atoms with E-state index in [1.165, 1.54) is 0 Å². The SMILES string of the molecule is [2H]c1c([2H])c([2H])c(-c2nc(-c3ccccc3-c3ccccc3)nc(-n3c4ccccc4c4ccc5c6ccccc6n(-c6c([2H])c([2H])c([2H])c([2H])c6[2H])c5c43)n2)c([2H])c1[2H]. The standard InChI is InChI=1S/C45H29N5/c1-4-16-30(17-5-1)33-22-10-11-25-38(33)44-46-43(31-18-6-2-7-19-31)47-45(48-44)50-40-27-15-13-24-35(40)37-29-28-36-34-23-12-14-26-39(34)49(41(36)42(37)50)32-20-8-3-9-21-32/h1-29H/i2D,3D,6D,7D,8D,9D,18D,19D,20D,21D. The average molecular weight is 650 g/mol. The number of fused-ring (bicyclic) bond motifs is 7. The quantitative estimate of drug-likeness (QED) is 0.186. The van der Waals surface area contributed by atoms with E-state index in [-0.39, 0.29) is 40.9 Å². The molecule has 50 heavy (non-hydrogen) atoms. The van der Waals surface area contributed by atoms with Crippen molar-refractivity contribution in [3.05, 3.63) is 176 Å². The van der Waals surface area contributed by atoms with Crippen LogP contribution in [0.4, 0.5) is 0 Å². The Kier molecular flexibility index (Phi) is 4.52. The summed E-state index contributed by atoms with van der Waals surface area (Å²) in [6.45, 7) is 0. The maximum absolute atomic E-state index is 9.11. The molecule has 0 radical (unpaired) electrons. The lowest BCUT2D eigenvalue weighted by Crippen LogP contribution is -2.07. The first-order valence-electron chi connectivity index (χ1n) is 21.0. The molecule has 0 aliphatic rings. The molecule has 0 aliphatic carbocycles. The van der Waals surface area contributed by atoms with Crippen LogP contribution in [0, 0.1) is 0 Å². The predicted molar refractivity (Wildman–Crippen MR) is 205 cm³/mol. The molecule has 0 spiro atoms. The Hall–Kier alpha value is -6.85. The van der Waals surface area contributed by atoms with E-state index in [1.54, 1.807) is 4.57 Å². The van der Waals surface area contributed by atoms with Gasteiger partial charge in [-0.1, -0.05) is 151 Å². The highest BCUT2D eigenvalue weighted by Crippen LogP contribution is 2.41. The van der Waals surface area contributed by atoms with Gasteiger partial charge in [-0.15, -0.1) is 0 Å². The fourth-order valence-corrected chi connectivity index (χ4v) is 6.90.